The fraction of sp³-hybridized carbons (Fsp3) is 0.333. The van der Waals surface area contributed by atoms with Gasteiger partial charge >= 0.3 is 0 Å². The first-order chi connectivity index (χ1) is 9.85. The van der Waals surface area contributed by atoms with Gasteiger partial charge in [0.1, 0.15) is 5.75 Å². The summed E-state index contributed by atoms with van der Waals surface area (Å²) in [7, 11) is 1.69. The van der Waals surface area contributed by atoms with Crippen molar-refractivity contribution < 1.29 is 4.74 Å². The van der Waals surface area contributed by atoms with Crippen molar-refractivity contribution in [3.8, 4) is 10.9 Å². The fourth-order valence-electron chi connectivity index (χ4n) is 2.77. The van der Waals surface area contributed by atoms with Crippen molar-refractivity contribution >= 4 is 21.6 Å². The van der Waals surface area contributed by atoms with Gasteiger partial charge in [0, 0.05) is 0 Å². The summed E-state index contributed by atoms with van der Waals surface area (Å²) in [4.78, 5) is 4.70. The lowest BCUT2D eigenvalue weighted by Crippen LogP contribution is -2.07. The molecule has 2 heterocycles. The van der Waals surface area contributed by atoms with Gasteiger partial charge in [0.15, 0.2) is 0 Å². The molecule has 0 atom stereocenters. The number of methoxy groups -OCH3 is 1. The third kappa shape index (κ3) is 1.81. The Morgan fingerprint density at radius 2 is 2.15 bits per heavy atom. The standard InChI is InChI=1S/C15H15N3OS/c1-19-11-6-7-12-14(8-11)20-15(17-12)18-13-5-3-2-4-10(13)9-16-18/h6-9H,2-5H2,1H3. The van der Waals surface area contributed by atoms with Crippen LogP contribution in [0, 0.1) is 0 Å². The van der Waals surface area contributed by atoms with Gasteiger partial charge in [-0.25, -0.2) is 9.67 Å². The van der Waals surface area contributed by atoms with Gasteiger partial charge in [-0.3, -0.25) is 0 Å². The Labute approximate surface area is 121 Å². The van der Waals surface area contributed by atoms with Crippen molar-refractivity contribution in [3.05, 3.63) is 35.7 Å². The number of benzene rings is 1. The molecule has 4 nitrogen and oxygen atoms in total. The van der Waals surface area contributed by atoms with E-state index in [0.717, 1.165) is 33.9 Å². The van der Waals surface area contributed by atoms with Crippen LogP contribution in [0.5, 0.6) is 5.75 Å². The summed E-state index contributed by atoms with van der Waals surface area (Å²) in [6.45, 7) is 0. The molecule has 0 radical (unpaired) electrons. The van der Waals surface area contributed by atoms with E-state index in [0.29, 0.717) is 0 Å². The average molecular weight is 285 g/mol. The zero-order chi connectivity index (χ0) is 13.5. The molecule has 0 aliphatic heterocycles. The van der Waals surface area contributed by atoms with Crippen LogP contribution in [0.25, 0.3) is 15.3 Å². The average Bonchev–Trinajstić information content (AvgIpc) is 3.09. The molecule has 1 aliphatic rings. The number of thiazole rings is 1. The summed E-state index contributed by atoms with van der Waals surface area (Å²) in [5.41, 5.74) is 3.72. The van der Waals surface area contributed by atoms with E-state index < -0.39 is 0 Å². The monoisotopic (exact) mass is 285 g/mol. The van der Waals surface area contributed by atoms with Gasteiger partial charge in [-0.15, -0.1) is 0 Å². The molecule has 0 amide bonds. The molecule has 0 fully saturated rings. The number of hydrogen-bond acceptors (Lipinski definition) is 4. The Morgan fingerprint density at radius 3 is 3.05 bits per heavy atom. The van der Waals surface area contributed by atoms with E-state index in [1.165, 1.54) is 24.1 Å². The third-order valence-corrected chi connectivity index (χ3v) is 4.82. The predicted octanol–water partition coefficient (Wildman–Crippen LogP) is 3.37. The van der Waals surface area contributed by atoms with E-state index in [9.17, 15) is 0 Å². The smallest absolute Gasteiger partial charge is 0.211 e. The summed E-state index contributed by atoms with van der Waals surface area (Å²) in [5, 5.41) is 5.49. The summed E-state index contributed by atoms with van der Waals surface area (Å²) in [6.07, 6.45) is 6.77. The maximum Gasteiger partial charge on any atom is 0.211 e. The maximum atomic E-state index is 5.27. The fourth-order valence-corrected chi connectivity index (χ4v) is 3.74. The number of aromatic nitrogens is 3. The molecule has 2 aromatic heterocycles. The van der Waals surface area contributed by atoms with Gasteiger partial charge in [-0.2, -0.15) is 5.10 Å². The number of fused-ring (bicyclic) bond motifs is 2. The highest BCUT2D eigenvalue weighted by molar-refractivity contribution is 7.20. The Hall–Kier alpha value is -1.88. The minimum absolute atomic E-state index is 0.871. The molecular formula is C15H15N3OS. The Morgan fingerprint density at radius 1 is 1.25 bits per heavy atom. The van der Waals surface area contributed by atoms with E-state index in [4.69, 9.17) is 9.72 Å². The van der Waals surface area contributed by atoms with Gasteiger partial charge in [-0.1, -0.05) is 11.3 Å². The van der Waals surface area contributed by atoms with Crippen LogP contribution < -0.4 is 4.74 Å². The molecule has 0 bridgehead atoms. The van der Waals surface area contributed by atoms with Crippen molar-refractivity contribution in [2.75, 3.05) is 7.11 Å². The summed E-state index contributed by atoms with van der Waals surface area (Å²) >= 11 is 1.67. The van der Waals surface area contributed by atoms with Gasteiger partial charge in [-0.05, 0) is 49.4 Å². The van der Waals surface area contributed by atoms with Crippen LogP contribution in [-0.4, -0.2) is 21.9 Å². The Balaban J connectivity index is 1.84. The lowest BCUT2D eigenvalue weighted by Gasteiger charge is -2.11. The quantitative estimate of drug-likeness (QED) is 0.724. The highest BCUT2D eigenvalue weighted by Gasteiger charge is 2.18. The molecule has 4 rings (SSSR count). The second-order valence-electron chi connectivity index (χ2n) is 5.07. The van der Waals surface area contributed by atoms with Gasteiger partial charge in [0.2, 0.25) is 5.13 Å². The third-order valence-electron chi connectivity index (χ3n) is 3.83. The number of aryl methyl sites for hydroxylation is 1. The van der Waals surface area contributed by atoms with E-state index >= 15 is 0 Å². The molecule has 0 saturated heterocycles. The lowest BCUT2D eigenvalue weighted by atomic mass is 9.98. The van der Waals surface area contributed by atoms with Crippen LogP contribution in [-0.2, 0) is 12.8 Å². The summed E-state index contributed by atoms with van der Waals surface area (Å²) in [6, 6.07) is 5.99. The van der Waals surface area contributed by atoms with Crippen molar-refractivity contribution in [2.45, 2.75) is 25.7 Å². The van der Waals surface area contributed by atoms with Gasteiger partial charge < -0.3 is 4.74 Å². The summed E-state index contributed by atoms with van der Waals surface area (Å²) in [5.74, 6) is 0.871. The van der Waals surface area contributed by atoms with Crippen molar-refractivity contribution in [3.63, 3.8) is 0 Å². The van der Waals surface area contributed by atoms with E-state index in [-0.39, 0.29) is 0 Å². The van der Waals surface area contributed by atoms with Gasteiger partial charge in [0.05, 0.1) is 29.2 Å². The molecule has 102 valence electrons. The zero-order valence-electron chi connectivity index (χ0n) is 11.3. The van der Waals surface area contributed by atoms with Crippen molar-refractivity contribution in [2.24, 2.45) is 0 Å². The molecule has 0 spiro atoms. The van der Waals surface area contributed by atoms with Crippen LogP contribution >= 0.6 is 11.3 Å². The van der Waals surface area contributed by atoms with Gasteiger partial charge in [0.25, 0.3) is 0 Å². The predicted molar refractivity (Wildman–Crippen MR) is 79.9 cm³/mol. The zero-order valence-corrected chi connectivity index (χ0v) is 12.1. The number of nitrogens with zero attached hydrogens (tertiary/aromatic N) is 3. The first-order valence-corrected chi connectivity index (χ1v) is 7.67. The largest absolute Gasteiger partial charge is 0.497 e. The highest BCUT2D eigenvalue weighted by atomic mass is 32.1. The SMILES string of the molecule is COc1ccc2nc(-n3ncc4c3CCCC4)sc2c1. The molecule has 0 N–H and O–H groups in total. The Bertz CT molecular complexity index is 775. The second-order valence-corrected chi connectivity index (χ2v) is 6.07. The van der Waals surface area contributed by atoms with E-state index in [1.807, 2.05) is 29.1 Å². The highest BCUT2D eigenvalue weighted by Crippen LogP contribution is 2.30. The number of ether oxygens (including phenoxy) is 1. The van der Waals surface area contributed by atoms with E-state index in [2.05, 4.69) is 5.10 Å². The summed E-state index contributed by atoms with van der Waals surface area (Å²) < 4.78 is 8.43. The molecule has 20 heavy (non-hydrogen) atoms. The molecule has 0 unspecified atom stereocenters. The normalized spacial score (nSPS) is 14.4. The van der Waals surface area contributed by atoms with Crippen LogP contribution in [0.2, 0.25) is 0 Å². The number of hydrogen-bond donors (Lipinski definition) is 0. The lowest BCUT2D eigenvalue weighted by molar-refractivity contribution is 0.415. The molecular weight excluding hydrogens is 270 g/mol. The maximum absolute atomic E-state index is 5.27. The topological polar surface area (TPSA) is 39.9 Å². The van der Waals surface area contributed by atoms with Crippen molar-refractivity contribution in [1.82, 2.24) is 14.8 Å². The van der Waals surface area contributed by atoms with Crippen LogP contribution in [0.1, 0.15) is 24.1 Å². The van der Waals surface area contributed by atoms with E-state index in [1.54, 1.807) is 18.4 Å². The molecule has 5 heteroatoms. The molecule has 0 saturated carbocycles. The first-order valence-electron chi connectivity index (χ1n) is 6.86. The Kier molecular flexibility index (Phi) is 2.73. The molecule has 1 aromatic carbocycles. The molecule has 1 aliphatic carbocycles. The van der Waals surface area contributed by atoms with Crippen molar-refractivity contribution in [1.29, 1.82) is 0 Å². The van der Waals surface area contributed by atoms with Crippen LogP contribution in [0.4, 0.5) is 0 Å². The first kappa shape index (κ1) is 11.9. The minimum atomic E-state index is 0.871. The number of rotatable bonds is 2. The molecule has 3 aromatic rings. The van der Waals surface area contributed by atoms with Crippen LogP contribution in [0.3, 0.4) is 0 Å². The second kappa shape index (κ2) is 4.59. The minimum Gasteiger partial charge on any atom is -0.497 e. The van der Waals surface area contributed by atoms with Crippen LogP contribution in [0.15, 0.2) is 24.4 Å².